The van der Waals surface area contributed by atoms with E-state index >= 15 is 0 Å². The number of benzene rings is 1. The fraction of sp³-hybridized carbons (Fsp3) is 0.316. The van der Waals surface area contributed by atoms with Crippen molar-refractivity contribution in [2.75, 3.05) is 13.7 Å². The van der Waals surface area contributed by atoms with E-state index in [9.17, 15) is 18.0 Å². The van der Waals surface area contributed by atoms with Crippen molar-refractivity contribution in [2.24, 2.45) is 0 Å². The molecule has 6 nitrogen and oxygen atoms in total. The largest absolute Gasteiger partial charge is 0.497 e. The lowest BCUT2D eigenvalue weighted by atomic mass is 10.1. The van der Waals surface area contributed by atoms with Gasteiger partial charge < -0.3 is 9.72 Å². The Balaban J connectivity index is 1.61. The lowest BCUT2D eigenvalue weighted by Crippen LogP contribution is -2.36. The third-order valence-corrected chi connectivity index (χ3v) is 5.19. The van der Waals surface area contributed by atoms with Gasteiger partial charge in [0.1, 0.15) is 10.9 Å². The molecule has 0 saturated heterocycles. The molecule has 2 aromatic heterocycles. The highest BCUT2D eigenvalue weighted by Gasteiger charge is 2.36. The highest BCUT2D eigenvalue weighted by molar-refractivity contribution is 6.30. The van der Waals surface area contributed by atoms with Crippen LogP contribution in [-0.2, 0) is 25.7 Å². The van der Waals surface area contributed by atoms with Crippen LogP contribution in [0.2, 0.25) is 5.15 Å². The summed E-state index contributed by atoms with van der Waals surface area (Å²) in [6, 6.07) is 7.35. The predicted molar refractivity (Wildman–Crippen MR) is 101 cm³/mol. The molecule has 0 unspecified atom stereocenters. The highest BCUT2D eigenvalue weighted by atomic mass is 35.5. The number of pyridine rings is 1. The van der Waals surface area contributed by atoms with E-state index in [0.29, 0.717) is 24.0 Å². The fourth-order valence-corrected chi connectivity index (χ4v) is 3.61. The van der Waals surface area contributed by atoms with Crippen molar-refractivity contribution < 1.29 is 17.9 Å². The van der Waals surface area contributed by atoms with Gasteiger partial charge in [0.25, 0.3) is 5.56 Å². The van der Waals surface area contributed by atoms with Crippen LogP contribution >= 0.6 is 11.6 Å². The lowest BCUT2D eigenvalue weighted by molar-refractivity contribution is -0.145. The summed E-state index contributed by atoms with van der Waals surface area (Å²) in [5.41, 5.74) is 1.15. The zero-order valence-corrected chi connectivity index (χ0v) is 16.1. The number of halogens is 4. The zero-order valence-electron chi connectivity index (χ0n) is 15.3. The maximum absolute atomic E-state index is 12.9. The van der Waals surface area contributed by atoms with E-state index in [1.54, 1.807) is 13.2 Å². The van der Waals surface area contributed by atoms with Crippen LogP contribution in [0.5, 0.6) is 5.75 Å². The normalized spacial score (nSPS) is 14.8. The first-order valence-corrected chi connectivity index (χ1v) is 9.17. The molecule has 1 N–H and O–H groups in total. The first kappa shape index (κ1) is 19.7. The SMILES string of the molecule is COc1ccc2nc(Cl)c(CN3CCc4nc(C(F)(F)F)[nH]c(=O)c4C3)cc2c1. The third kappa shape index (κ3) is 3.92. The van der Waals surface area contributed by atoms with Crippen LogP contribution in [0.1, 0.15) is 22.6 Å². The van der Waals surface area contributed by atoms with Crippen molar-refractivity contribution in [1.29, 1.82) is 0 Å². The number of alkyl halides is 3. The number of aromatic nitrogens is 3. The fourth-order valence-electron chi connectivity index (χ4n) is 3.40. The highest BCUT2D eigenvalue weighted by Crippen LogP contribution is 2.28. The van der Waals surface area contributed by atoms with Crippen molar-refractivity contribution >= 4 is 22.5 Å². The molecule has 1 aromatic carbocycles. The molecule has 10 heteroatoms. The number of fused-ring (bicyclic) bond motifs is 2. The van der Waals surface area contributed by atoms with E-state index in [-0.39, 0.29) is 24.2 Å². The molecule has 3 aromatic rings. The molecule has 4 rings (SSSR count). The monoisotopic (exact) mass is 424 g/mol. The van der Waals surface area contributed by atoms with Gasteiger partial charge in [-0.3, -0.25) is 9.69 Å². The maximum Gasteiger partial charge on any atom is 0.449 e. The van der Waals surface area contributed by atoms with Crippen LogP contribution < -0.4 is 10.3 Å². The van der Waals surface area contributed by atoms with Crippen LogP contribution in [0.4, 0.5) is 13.2 Å². The molecular weight excluding hydrogens is 409 g/mol. The minimum atomic E-state index is -4.68. The number of H-pyrrole nitrogens is 1. The summed E-state index contributed by atoms with van der Waals surface area (Å²) in [5.74, 6) is -0.567. The van der Waals surface area contributed by atoms with Gasteiger partial charge in [-0.1, -0.05) is 11.6 Å². The number of rotatable bonds is 3. The summed E-state index contributed by atoms with van der Waals surface area (Å²) >= 11 is 6.32. The Labute approximate surface area is 168 Å². The molecule has 0 spiro atoms. The second kappa shape index (κ2) is 7.31. The van der Waals surface area contributed by atoms with Gasteiger partial charge in [0, 0.05) is 37.0 Å². The van der Waals surface area contributed by atoms with Gasteiger partial charge in [0.05, 0.1) is 23.9 Å². The van der Waals surface area contributed by atoms with Crippen LogP contribution in [-0.4, -0.2) is 33.5 Å². The van der Waals surface area contributed by atoms with Crippen molar-refractivity contribution in [1.82, 2.24) is 19.9 Å². The van der Waals surface area contributed by atoms with Gasteiger partial charge in [-0.15, -0.1) is 0 Å². The Morgan fingerprint density at radius 1 is 1.28 bits per heavy atom. The Morgan fingerprint density at radius 2 is 2.07 bits per heavy atom. The zero-order chi connectivity index (χ0) is 20.8. The number of ether oxygens (including phenoxy) is 1. The summed E-state index contributed by atoms with van der Waals surface area (Å²) in [6.45, 7) is 1.04. The second-order valence-electron chi connectivity index (χ2n) is 6.80. The van der Waals surface area contributed by atoms with Crippen molar-refractivity contribution in [3.63, 3.8) is 0 Å². The van der Waals surface area contributed by atoms with Crippen LogP contribution in [0.3, 0.4) is 0 Å². The van der Waals surface area contributed by atoms with E-state index in [2.05, 4.69) is 9.97 Å². The van der Waals surface area contributed by atoms with Gasteiger partial charge in [-0.2, -0.15) is 13.2 Å². The average Bonchev–Trinajstić information content (AvgIpc) is 2.68. The summed E-state index contributed by atoms with van der Waals surface area (Å²) in [4.78, 5) is 23.9. The van der Waals surface area contributed by atoms with Crippen LogP contribution in [0.15, 0.2) is 29.1 Å². The second-order valence-corrected chi connectivity index (χ2v) is 7.15. The minimum Gasteiger partial charge on any atom is -0.497 e. The summed E-state index contributed by atoms with van der Waals surface area (Å²) < 4.78 is 43.8. The molecule has 0 amide bonds. The van der Waals surface area contributed by atoms with Crippen molar-refractivity contribution in [2.45, 2.75) is 25.7 Å². The van der Waals surface area contributed by atoms with Crippen LogP contribution in [0, 0.1) is 0 Å². The molecule has 0 atom stereocenters. The van der Waals surface area contributed by atoms with E-state index in [0.717, 1.165) is 16.5 Å². The summed E-state index contributed by atoms with van der Waals surface area (Å²) in [6.07, 6.45) is -4.44. The maximum atomic E-state index is 12.9. The number of hydrogen-bond acceptors (Lipinski definition) is 5. The molecule has 0 radical (unpaired) electrons. The van der Waals surface area contributed by atoms with Gasteiger partial charge in [0.2, 0.25) is 5.82 Å². The third-order valence-electron chi connectivity index (χ3n) is 4.86. The van der Waals surface area contributed by atoms with E-state index in [4.69, 9.17) is 16.3 Å². The molecule has 1 aliphatic rings. The van der Waals surface area contributed by atoms with E-state index in [1.807, 2.05) is 28.1 Å². The first-order chi connectivity index (χ1) is 13.7. The van der Waals surface area contributed by atoms with Gasteiger partial charge in [-0.25, -0.2) is 9.97 Å². The number of hydrogen-bond donors (Lipinski definition) is 1. The number of nitrogens with one attached hydrogen (secondary N) is 1. The Hall–Kier alpha value is -2.65. The summed E-state index contributed by atoms with van der Waals surface area (Å²) in [7, 11) is 1.58. The molecule has 0 saturated carbocycles. The summed E-state index contributed by atoms with van der Waals surface area (Å²) in [5, 5.41) is 1.20. The standard InChI is InChI=1S/C19H16ClF3N4O2/c1-29-12-2-3-14-10(7-12)6-11(16(20)24-14)8-27-5-4-15-13(9-27)17(28)26-18(25-15)19(21,22)23/h2-3,6-7H,4-5,8-9H2,1H3,(H,25,26,28). The first-order valence-electron chi connectivity index (χ1n) is 8.79. The number of nitrogens with zero attached hydrogens (tertiary/aromatic N) is 3. The minimum absolute atomic E-state index is 0.183. The quantitative estimate of drug-likeness (QED) is 0.651. The molecule has 0 fully saturated rings. The molecule has 0 bridgehead atoms. The molecule has 152 valence electrons. The molecule has 1 aliphatic heterocycles. The van der Waals surface area contributed by atoms with Crippen molar-refractivity contribution in [3.8, 4) is 5.75 Å². The predicted octanol–water partition coefficient (Wildman–Crippen LogP) is 3.56. The Morgan fingerprint density at radius 3 is 2.79 bits per heavy atom. The van der Waals surface area contributed by atoms with E-state index in [1.165, 1.54) is 0 Å². The smallest absolute Gasteiger partial charge is 0.449 e. The van der Waals surface area contributed by atoms with Gasteiger partial charge >= 0.3 is 6.18 Å². The molecular formula is C19H16ClF3N4O2. The number of methoxy groups -OCH3 is 1. The number of aromatic amines is 1. The topological polar surface area (TPSA) is 71.1 Å². The molecule has 3 heterocycles. The van der Waals surface area contributed by atoms with Crippen LogP contribution in [0.25, 0.3) is 10.9 Å². The van der Waals surface area contributed by atoms with Crippen molar-refractivity contribution in [3.05, 3.63) is 62.4 Å². The molecule has 29 heavy (non-hydrogen) atoms. The van der Waals surface area contributed by atoms with Gasteiger partial charge in [0.15, 0.2) is 0 Å². The Kier molecular flexibility index (Phi) is 4.95. The van der Waals surface area contributed by atoms with E-state index < -0.39 is 17.6 Å². The Bertz CT molecular complexity index is 1150. The molecule has 0 aliphatic carbocycles. The van der Waals surface area contributed by atoms with Gasteiger partial charge in [-0.05, 0) is 24.3 Å². The lowest BCUT2D eigenvalue weighted by Gasteiger charge is -2.28. The average molecular weight is 425 g/mol.